The first kappa shape index (κ1) is 23.0. The first-order chi connectivity index (χ1) is 17.2. The number of nitrogens with zero attached hydrogens (tertiary/aromatic N) is 5. The summed E-state index contributed by atoms with van der Waals surface area (Å²) >= 11 is 0. The van der Waals surface area contributed by atoms with Crippen LogP contribution in [0.3, 0.4) is 0 Å². The van der Waals surface area contributed by atoms with Crippen molar-refractivity contribution in [1.82, 2.24) is 14.8 Å². The maximum atomic E-state index is 6.77. The van der Waals surface area contributed by atoms with E-state index in [0.717, 1.165) is 48.7 Å². The number of rotatable bonds is 10. The lowest BCUT2D eigenvalue weighted by molar-refractivity contribution is 0.0839. The largest absolute Gasteiger partial charge is 0.454 e. The minimum Gasteiger partial charge on any atom is -0.454 e. The summed E-state index contributed by atoms with van der Waals surface area (Å²) in [5, 5.41) is 14.8. The monoisotopic (exact) mass is 474 g/mol. The molecule has 35 heavy (non-hydrogen) atoms. The van der Waals surface area contributed by atoms with Gasteiger partial charge in [0.1, 0.15) is 23.1 Å². The second-order valence-corrected chi connectivity index (χ2v) is 8.97. The van der Waals surface area contributed by atoms with E-state index in [0.29, 0.717) is 42.2 Å². The molecule has 182 valence electrons. The molecule has 0 spiro atoms. The van der Waals surface area contributed by atoms with Crippen molar-refractivity contribution in [3.8, 4) is 11.5 Å². The fourth-order valence-corrected chi connectivity index (χ4v) is 4.26. The van der Waals surface area contributed by atoms with E-state index in [1.807, 2.05) is 42.6 Å². The molecule has 0 radical (unpaired) electrons. The van der Waals surface area contributed by atoms with E-state index in [9.17, 15) is 0 Å². The number of ether oxygens (including phenoxy) is 2. The Labute approximate surface area is 204 Å². The van der Waals surface area contributed by atoms with Gasteiger partial charge in [0.05, 0.1) is 12.2 Å². The molecule has 0 atom stereocenters. The van der Waals surface area contributed by atoms with E-state index in [1.165, 1.54) is 12.8 Å². The Bertz CT molecular complexity index is 1200. The molecule has 1 saturated heterocycles. The molecule has 2 aromatic heterocycles. The summed E-state index contributed by atoms with van der Waals surface area (Å²) in [6, 6.07) is 12.3. The summed E-state index contributed by atoms with van der Waals surface area (Å²) in [5.41, 5.74) is 15.5. The van der Waals surface area contributed by atoms with Crippen molar-refractivity contribution in [2.75, 3.05) is 18.5 Å². The van der Waals surface area contributed by atoms with Crippen molar-refractivity contribution < 1.29 is 9.47 Å². The quantitative estimate of drug-likeness (QED) is 0.158. The lowest BCUT2D eigenvalue weighted by Gasteiger charge is -2.21. The van der Waals surface area contributed by atoms with Gasteiger partial charge in [0.25, 0.3) is 0 Å². The van der Waals surface area contributed by atoms with E-state index in [-0.39, 0.29) is 0 Å². The molecule has 0 bridgehead atoms. The average molecular weight is 475 g/mol. The Morgan fingerprint density at radius 3 is 2.86 bits per heavy atom. The Morgan fingerprint density at radius 1 is 1.20 bits per heavy atom. The first-order valence-corrected chi connectivity index (χ1v) is 12.0. The molecule has 1 aromatic carbocycles. The molecular formula is C25H30N8O2. The summed E-state index contributed by atoms with van der Waals surface area (Å²) in [6.45, 7) is 1.53. The second kappa shape index (κ2) is 10.6. The molecule has 0 amide bonds. The van der Waals surface area contributed by atoms with Crippen LogP contribution in [0.1, 0.15) is 55.3 Å². The van der Waals surface area contributed by atoms with Gasteiger partial charge in [-0.25, -0.2) is 4.98 Å². The van der Waals surface area contributed by atoms with Crippen LogP contribution in [-0.2, 0) is 11.2 Å². The van der Waals surface area contributed by atoms with E-state index < -0.39 is 0 Å². The molecule has 1 saturated carbocycles. The van der Waals surface area contributed by atoms with Crippen molar-refractivity contribution in [1.29, 1.82) is 5.53 Å². The lowest BCUT2D eigenvalue weighted by atomic mass is 9.96. The predicted molar refractivity (Wildman–Crippen MR) is 132 cm³/mol. The normalized spacial score (nSPS) is 16.7. The Kier molecular flexibility index (Phi) is 6.99. The highest BCUT2D eigenvalue weighted by Crippen LogP contribution is 2.40. The number of aryl methyl sites for hydroxylation is 1. The molecular weight excluding hydrogens is 444 g/mol. The van der Waals surface area contributed by atoms with Crippen molar-refractivity contribution in [2.24, 2.45) is 16.1 Å². The standard InChI is InChI=1S/C25H30N8O2/c26-23(30-32-27)7-4-17-2-1-3-19(14-17)29-24-15-21(8-11-28-24)35-22-16-33(20-5-6-20)31-25(22)18-9-12-34-13-10-18/h1-3,8,11,14-16,18,20H,4-7,9-10,12-13H2,(H,28,29)(H3,26,27,30). The van der Waals surface area contributed by atoms with Crippen LogP contribution in [0, 0.1) is 5.53 Å². The van der Waals surface area contributed by atoms with E-state index in [1.54, 1.807) is 6.20 Å². The smallest absolute Gasteiger partial charge is 0.168 e. The molecule has 2 fully saturated rings. The highest BCUT2D eigenvalue weighted by Gasteiger charge is 2.29. The molecule has 3 heterocycles. The number of pyridine rings is 1. The van der Waals surface area contributed by atoms with Crippen LogP contribution in [0.15, 0.2) is 59.1 Å². The number of amidine groups is 1. The second-order valence-electron chi connectivity index (χ2n) is 8.97. The van der Waals surface area contributed by atoms with Gasteiger partial charge >= 0.3 is 0 Å². The van der Waals surface area contributed by atoms with Crippen LogP contribution < -0.4 is 15.8 Å². The molecule has 4 N–H and O–H groups in total. The fourth-order valence-electron chi connectivity index (χ4n) is 4.26. The molecule has 2 aliphatic rings. The lowest BCUT2D eigenvalue weighted by Crippen LogP contribution is -2.15. The third kappa shape index (κ3) is 6.02. The Hall–Kier alpha value is -3.79. The van der Waals surface area contributed by atoms with Crippen LogP contribution in [-0.4, -0.2) is 33.8 Å². The number of hydrogen-bond acceptors (Lipinski definition) is 7. The Morgan fingerprint density at radius 2 is 2.06 bits per heavy atom. The number of hydrogen-bond donors (Lipinski definition) is 3. The molecule has 5 rings (SSSR count). The van der Waals surface area contributed by atoms with Gasteiger partial charge in [-0.2, -0.15) is 10.6 Å². The van der Waals surface area contributed by atoms with Crippen molar-refractivity contribution in [2.45, 2.75) is 50.5 Å². The summed E-state index contributed by atoms with van der Waals surface area (Å²) in [5.74, 6) is 2.92. The molecule has 1 aliphatic carbocycles. The maximum absolute atomic E-state index is 6.77. The minimum absolute atomic E-state index is 0.343. The van der Waals surface area contributed by atoms with Gasteiger partial charge in [-0.15, -0.1) is 5.10 Å². The van der Waals surface area contributed by atoms with Crippen molar-refractivity contribution in [3.05, 3.63) is 60.0 Å². The zero-order valence-corrected chi connectivity index (χ0v) is 19.6. The third-order valence-corrected chi connectivity index (χ3v) is 6.26. The number of benzene rings is 1. The summed E-state index contributed by atoms with van der Waals surface area (Å²) in [4.78, 5) is 4.46. The van der Waals surface area contributed by atoms with E-state index in [4.69, 9.17) is 25.8 Å². The number of nitrogens with one attached hydrogen (secondary N) is 2. The van der Waals surface area contributed by atoms with Crippen LogP contribution in [0.5, 0.6) is 11.5 Å². The van der Waals surface area contributed by atoms with Gasteiger partial charge in [-0.3, -0.25) is 4.68 Å². The molecule has 3 aromatic rings. The zero-order valence-electron chi connectivity index (χ0n) is 19.6. The van der Waals surface area contributed by atoms with Gasteiger partial charge in [-0.1, -0.05) is 17.4 Å². The third-order valence-electron chi connectivity index (χ3n) is 6.26. The van der Waals surface area contributed by atoms with Crippen LogP contribution in [0.25, 0.3) is 0 Å². The van der Waals surface area contributed by atoms with Gasteiger partial charge in [0.2, 0.25) is 0 Å². The number of aromatic nitrogens is 3. The van der Waals surface area contributed by atoms with Gasteiger partial charge in [0, 0.05) is 43.5 Å². The first-order valence-electron chi connectivity index (χ1n) is 12.0. The molecule has 10 nitrogen and oxygen atoms in total. The van der Waals surface area contributed by atoms with Gasteiger partial charge in [0.15, 0.2) is 5.75 Å². The minimum atomic E-state index is 0.343. The maximum Gasteiger partial charge on any atom is 0.168 e. The topological polar surface area (TPSA) is 136 Å². The summed E-state index contributed by atoms with van der Waals surface area (Å²) in [6.07, 6.45) is 9.31. The van der Waals surface area contributed by atoms with E-state index >= 15 is 0 Å². The highest BCUT2D eigenvalue weighted by atomic mass is 16.5. The average Bonchev–Trinajstić information content (AvgIpc) is 3.64. The van der Waals surface area contributed by atoms with Crippen LogP contribution >= 0.6 is 0 Å². The fraction of sp³-hybridized carbons (Fsp3) is 0.400. The summed E-state index contributed by atoms with van der Waals surface area (Å²) < 4.78 is 14.0. The van der Waals surface area contributed by atoms with Gasteiger partial charge in [-0.05, 0) is 55.9 Å². The molecule has 1 aliphatic heterocycles. The molecule has 0 unspecified atom stereocenters. The van der Waals surface area contributed by atoms with Crippen molar-refractivity contribution in [3.63, 3.8) is 0 Å². The molecule has 10 heteroatoms. The zero-order chi connectivity index (χ0) is 24.0. The van der Waals surface area contributed by atoms with Crippen molar-refractivity contribution >= 4 is 17.3 Å². The number of nitrogens with two attached hydrogens (primary N) is 1. The SMILES string of the molecule is N=NN=C(N)CCc1cccc(Nc2cc(Oc3cn(C4CC4)nc3C3CCOCC3)ccn2)c1. The Balaban J connectivity index is 1.29. The number of anilines is 2. The predicted octanol–water partition coefficient (Wildman–Crippen LogP) is 5.28. The van der Waals surface area contributed by atoms with E-state index in [2.05, 4.69) is 25.3 Å². The van der Waals surface area contributed by atoms with Crippen LogP contribution in [0.2, 0.25) is 0 Å². The van der Waals surface area contributed by atoms with Gasteiger partial charge < -0.3 is 20.5 Å². The van der Waals surface area contributed by atoms with Crippen LogP contribution in [0.4, 0.5) is 11.5 Å². The highest BCUT2D eigenvalue weighted by molar-refractivity contribution is 5.80. The summed E-state index contributed by atoms with van der Waals surface area (Å²) in [7, 11) is 0.